The molecule has 0 amide bonds. The molecule has 0 radical (unpaired) electrons. The van der Waals surface area contributed by atoms with Gasteiger partial charge in [-0.25, -0.2) is 4.39 Å². The van der Waals surface area contributed by atoms with Crippen LogP contribution < -0.4 is 5.32 Å². The molecule has 0 aliphatic rings. The highest BCUT2D eigenvalue weighted by molar-refractivity contribution is 6.30. The van der Waals surface area contributed by atoms with Gasteiger partial charge in [0.25, 0.3) is 5.69 Å². The van der Waals surface area contributed by atoms with E-state index in [0.29, 0.717) is 17.1 Å². The van der Waals surface area contributed by atoms with Crippen LogP contribution in [0.4, 0.5) is 15.8 Å². The van der Waals surface area contributed by atoms with Gasteiger partial charge in [0.15, 0.2) is 0 Å². The zero-order valence-corrected chi connectivity index (χ0v) is 12.1. The molecule has 0 saturated carbocycles. The van der Waals surface area contributed by atoms with Crippen LogP contribution in [0, 0.1) is 15.9 Å². The molecule has 0 fully saturated rings. The summed E-state index contributed by atoms with van der Waals surface area (Å²) in [4.78, 5) is 10.6. The minimum Gasteiger partial charge on any atom is -0.373 e. The summed E-state index contributed by atoms with van der Waals surface area (Å²) < 4.78 is 13.0. The highest BCUT2D eigenvalue weighted by Gasteiger charge is 2.18. The monoisotopic (exact) mass is 308 g/mol. The van der Waals surface area contributed by atoms with E-state index in [1.165, 1.54) is 18.2 Å². The Morgan fingerprint density at radius 3 is 2.52 bits per heavy atom. The quantitative estimate of drug-likeness (QED) is 0.628. The molecule has 21 heavy (non-hydrogen) atoms. The van der Waals surface area contributed by atoms with Gasteiger partial charge in [0.05, 0.1) is 11.0 Å². The lowest BCUT2D eigenvalue weighted by molar-refractivity contribution is -0.384. The largest absolute Gasteiger partial charge is 0.373 e. The Labute approximate surface area is 126 Å². The van der Waals surface area contributed by atoms with Crippen molar-refractivity contribution in [3.63, 3.8) is 0 Å². The van der Waals surface area contributed by atoms with Crippen molar-refractivity contribution in [2.45, 2.75) is 19.4 Å². The van der Waals surface area contributed by atoms with Crippen molar-refractivity contribution >= 4 is 23.0 Å². The lowest BCUT2D eigenvalue weighted by Crippen LogP contribution is -2.11. The van der Waals surface area contributed by atoms with Gasteiger partial charge in [-0.3, -0.25) is 10.1 Å². The smallest absolute Gasteiger partial charge is 0.293 e. The SMILES string of the molecule is CCC(Nc1ccc(Cl)cc1[N+](=O)[O-])c1ccc(F)cc1. The Morgan fingerprint density at radius 2 is 1.95 bits per heavy atom. The fraction of sp³-hybridized carbons (Fsp3) is 0.200. The average Bonchev–Trinajstić information content (AvgIpc) is 2.47. The molecule has 110 valence electrons. The van der Waals surface area contributed by atoms with Gasteiger partial charge in [-0.15, -0.1) is 0 Å². The van der Waals surface area contributed by atoms with Gasteiger partial charge >= 0.3 is 0 Å². The maximum atomic E-state index is 13.0. The van der Waals surface area contributed by atoms with Crippen LogP contribution in [0.5, 0.6) is 0 Å². The van der Waals surface area contributed by atoms with E-state index in [0.717, 1.165) is 5.56 Å². The van der Waals surface area contributed by atoms with Crippen LogP contribution in [-0.4, -0.2) is 4.92 Å². The van der Waals surface area contributed by atoms with E-state index in [9.17, 15) is 14.5 Å². The fourth-order valence-electron chi connectivity index (χ4n) is 2.08. The second-order valence-electron chi connectivity index (χ2n) is 4.58. The first-order chi connectivity index (χ1) is 10.0. The van der Waals surface area contributed by atoms with Crippen molar-refractivity contribution < 1.29 is 9.31 Å². The van der Waals surface area contributed by atoms with E-state index in [2.05, 4.69) is 5.32 Å². The molecule has 0 spiro atoms. The zero-order chi connectivity index (χ0) is 15.4. The Bertz CT molecular complexity index is 647. The average molecular weight is 309 g/mol. The van der Waals surface area contributed by atoms with Crippen molar-refractivity contribution in [1.29, 1.82) is 0 Å². The molecule has 0 aromatic heterocycles. The number of anilines is 1. The van der Waals surface area contributed by atoms with Crippen LogP contribution in [0.25, 0.3) is 0 Å². The molecule has 0 aliphatic carbocycles. The summed E-state index contributed by atoms with van der Waals surface area (Å²) in [5, 5.41) is 14.5. The topological polar surface area (TPSA) is 55.2 Å². The lowest BCUT2D eigenvalue weighted by Gasteiger charge is -2.18. The van der Waals surface area contributed by atoms with E-state index in [1.807, 2.05) is 6.92 Å². The molecule has 0 saturated heterocycles. The molecular weight excluding hydrogens is 295 g/mol. The van der Waals surface area contributed by atoms with Gasteiger partial charge in [-0.05, 0) is 36.2 Å². The van der Waals surface area contributed by atoms with Crippen LogP contribution in [-0.2, 0) is 0 Å². The zero-order valence-electron chi connectivity index (χ0n) is 11.3. The number of hydrogen-bond acceptors (Lipinski definition) is 3. The molecule has 1 unspecified atom stereocenters. The van der Waals surface area contributed by atoms with Crippen molar-refractivity contribution in [3.05, 3.63) is 69.0 Å². The van der Waals surface area contributed by atoms with Crippen LogP contribution in [0.15, 0.2) is 42.5 Å². The number of benzene rings is 2. The Balaban J connectivity index is 2.30. The number of halogens is 2. The van der Waals surface area contributed by atoms with Gasteiger partial charge in [-0.1, -0.05) is 30.7 Å². The number of nitro benzene ring substituents is 1. The van der Waals surface area contributed by atoms with Crippen LogP contribution in [0.2, 0.25) is 5.02 Å². The minimum atomic E-state index is -0.481. The molecule has 0 aliphatic heterocycles. The second-order valence-corrected chi connectivity index (χ2v) is 5.01. The molecule has 6 heteroatoms. The first-order valence-corrected chi connectivity index (χ1v) is 6.85. The second kappa shape index (κ2) is 6.54. The summed E-state index contributed by atoms with van der Waals surface area (Å²) >= 11 is 5.79. The third-order valence-electron chi connectivity index (χ3n) is 3.17. The summed E-state index contributed by atoms with van der Waals surface area (Å²) in [5.74, 6) is -0.314. The number of nitrogens with zero attached hydrogens (tertiary/aromatic N) is 1. The number of rotatable bonds is 5. The standard InChI is InChI=1S/C15H14ClFN2O2/c1-2-13(10-3-6-12(17)7-4-10)18-14-8-5-11(16)9-15(14)19(20)21/h3-9,13,18H,2H2,1H3. The van der Waals surface area contributed by atoms with E-state index in [1.54, 1.807) is 24.3 Å². The third kappa shape index (κ3) is 3.70. The number of hydrogen-bond donors (Lipinski definition) is 1. The molecule has 1 N–H and O–H groups in total. The van der Waals surface area contributed by atoms with Gasteiger partial charge in [0, 0.05) is 11.1 Å². The van der Waals surface area contributed by atoms with Crippen molar-refractivity contribution in [2.75, 3.05) is 5.32 Å². The molecule has 2 aromatic carbocycles. The fourth-order valence-corrected chi connectivity index (χ4v) is 2.25. The Kier molecular flexibility index (Phi) is 4.75. The molecule has 0 heterocycles. The first-order valence-electron chi connectivity index (χ1n) is 6.47. The minimum absolute atomic E-state index is 0.0805. The molecule has 2 aromatic rings. The van der Waals surface area contributed by atoms with Crippen LogP contribution >= 0.6 is 11.6 Å². The van der Waals surface area contributed by atoms with Crippen molar-refractivity contribution in [2.24, 2.45) is 0 Å². The molecule has 2 rings (SSSR count). The molecular formula is C15H14ClFN2O2. The summed E-state index contributed by atoms with van der Waals surface area (Å²) in [7, 11) is 0. The van der Waals surface area contributed by atoms with E-state index in [-0.39, 0.29) is 17.5 Å². The normalized spacial score (nSPS) is 12.0. The van der Waals surface area contributed by atoms with E-state index < -0.39 is 4.92 Å². The van der Waals surface area contributed by atoms with Crippen LogP contribution in [0.1, 0.15) is 24.9 Å². The highest BCUT2D eigenvalue weighted by atomic mass is 35.5. The highest BCUT2D eigenvalue weighted by Crippen LogP contribution is 2.31. The van der Waals surface area contributed by atoms with Crippen LogP contribution in [0.3, 0.4) is 0 Å². The maximum Gasteiger partial charge on any atom is 0.293 e. The van der Waals surface area contributed by atoms with Gasteiger partial charge < -0.3 is 5.32 Å². The summed E-state index contributed by atoms with van der Waals surface area (Å²) in [6.07, 6.45) is 0.700. The summed E-state index contributed by atoms with van der Waals surface area (Å²) in [6.45, 7) is 1.95. The summed E-state index contributed by atoms with van der Waals surface area (Å²) in [5.41, 5.74) is 1.17. The van der Waals surface area contributed by atoms with Gasteiger partial charge in [0.1, 0.15) is 11.5 Å². The predicted molar refractivity (Wildman–Crippen MR) is 81.2 cm³/mol. The predicted octanol–water partition coefficient (Wildman–Crippen LogP) is 4.95. The van der Waals surface area contributed by atoms with E-state index >= 15 is 0 Å². The maximum absolute atomic E-state index is 13.0. The summed E-state index contributed by atoms with van der Waals surface area (Å²) in [6, 6.07) is 10.4. The first kappa shape index (κ1) is 15.3. The molecule has 0 bridgehead atoms. The lowest BCUT2D eigenvalue weighted by atomic mass is 10.0. The van der Waals surface area contributed by atoms with Gasteiger partial charge in [0.2, 0.25) is 0 Å². The number of nitro groups is 1. The van der Waals surface area contributed by atoms with Crippen molar-refractivity contribution in [1.82, 2.24) is 0 Å². The Hall–Kier alpha value is -2.14. The van der Waals surface area contributed by atoms with Crippen molar-refractivity contribution in [3.8, 4) is 0 Å². The Morgan fingerprint density at radius 1 is 1.29 bits per heavy atom. The third-order valence-corrected chi connectivity index (χ3v) is 3.40. The molecule has 1 atom stereocenters. The van der Waals surface area contributed by atoms with Gasteiger partial charge in [-0.2, -0.15) is 0 Å². The van der Waals surface area contributed by atoms with E-state index in [4.69, 9.17) is 11.6 Å². The molecule has 4 nitrogen and oxygen atoms in total. The number of nitrogens with one attached hydrogen (secondary N) is 1.